The first kappa shape index (κ1) is 11.8. The smallest absolute Gasteiger partial charge is 0.127 e. The van der Waals surface area contributed by atoms with Gasteiger partial charge >= 0.3 is 0 Å². The van der Waals surface area contributed by atoms with Crippen LogP contribution in [0, 0.1) is 5.82 Å². The maximum absolute atomic E-state index is 14.0. The molecular formula is C15H16FN. The molecule has 0 aliphatic rings. The van der Waals surface area contributed by atoms with Gasteiger partial charge in [0.2, 0.25) is 0 Å². The van der Waals surface area contributed by atoms with Crippen LogP contribution < -0.4 is 0 Å². The molecule has 0 aliphatic carbocycles. The van der Waals surface area contributed by atoms with Gasteiger partial charge in [-0.15, -0.1) is 0 Å². The first-order chi connectivity index (χ1) is 7.98. The molecule has 0 saturated heterocycles. The highest BCUT2D eigenvalue weighted by molar-refractivity contribution is 5.62. The summed E-state index contributed by atoms with van der Waals surface area (Å²) in [6, 6.07) is 9.17. The second-order valence-corrected chi connectivity index (χ2v) is 5.19. The van der Waals surface area contributed by atoms with Crippen LogP contribution in [-0.4, -0.2) is 4.98 Å². The fraction of sp³-hybridized carbons (Fsp3) is 0.267. The summed E-state index contributed by atoms with van der Waals surface area (Å²) in [5.41, 5.74) is 2.37. The fourth-order valence-electron chi connectivity index (χ4n) is 1.84. The van der Waals surface area contributed by atoms with E-state index in [4.69, 9.17) is 0 Å². The number of nitrogens with zero attached hydrogens (tertiary/aromatic N) is 1. The Morgan fingerprint density at radius 2 is 1.82 bits per heavy atom. The quantitative estimate of drug-likeness (QED) is 0.714. The number of pyridine rings is 1. The van der Waals surface area contributed by atoms with E-state index in [9.17, 15) is 4.39 Å². The summed E-state index contributed by atoms with van der Waals surface area (Å²) >= 11 is 0. The Balaban J connectivity index is 2.45. The number of aromatic nitrogens is 1. The van der Waals surface area contributed by atoms with E-state index >= 15 is 0 Å². The summed E-state index contributed by atoms with van der Waals surface area (Å²) in [5, 5.41) is 0. The van der Waals surface area contributed by atoms with Crippen molar-refractivity contribution in [2.24, 2.45) is 0 Å². The number of hydrogen-bond acceptors (Lipinski definition) is 1. The highest BCUT2D eigenvalue weighted by Crippen LogP contribution is 2.28. The summed E-state index contributed by atoms with van der Waals surface area (Å²) in [6.45, 7) is 6.03. The average Bonchev–Trinajstić information content (AvgIpc) is 2.28. The van der Waals surface area contributed by atoms with Crippen LogP contribution in [0.4, 0.5) is 4.39 Å². The molecule has 0 amide bonds. The molecule has 0 bridgehead atoms. The number of hydrogen-bond donors (Lipinski definition) is 0. The molecule has 1 aromatic heterocycles. The van der Waals surface area contributed by atoms with E-state index in [1.807, 2.05) is 45.0 Å². The van der Waals surface area contributed by atoms with Gasteiger partial charge in [-0.1, -0.05) is 39.0 Å². The lowest BCUT2D eigenvalue weighted by Gasteiger charge is -2.20. The van der Waals surface area contributed by atoms with E-state index in [1.54, 1.807) is 18.5 Å². The van der Waals surface area contributed by atoms with Crippen molar-refractivity contribution in [3.05, 3.63) is 54.1 Å². The van der Waals surface area contributed by atoms with Crippen LogP contribution in [0.5, 0.6) is 0 Å². The van der Waals surface area contributed by atoms with Gasteiger partial charge in [0.25, 0.3) is 0 Å². The Morgan fingerprint density at radius 3 is 2.35 bits per heavy atom. The maximum Gasteiger partial charge on any atom is 0.127 e. The minimum Gasteiger partial charge on any atom is -0.264 e. The van der Waals surface area contributed by atoms with Crippen molar-refractivity contribution < 1.29 is 4.39 Å². The zero-order chi connectivity index (χ0) is 12.5. The normalized spacial score (nSPS) is 11.5. The Hall–Kier alpha value is -1.70. The lowest BCUT2D eigenvalue weighted by Crippen LogP contribution is -2.13. The van der Waals surface area contributed by atoms with E-state index < -0.39 is 0 Å². The number of halogens is 1. The Morgan fingerprint density at radius 1 is 1.06 bits per heavy atom. The molecule has 17 heavy (non-hydrogen) atoms. The molecule has 0 radical (unpaired) electrons. The Kier molecular flexibility index (Phi) is 2.97. The maximum atomic E-state index is 14.0. The van der Waals surface area contributed by atoms with Gasteiger partial charge in [0, 0.05) is 18.0 Å². The summed E-state index contributed by atoms with van der Waals surface area (Å²) in [7, 11) is 0. The van der Waals surface area contributed by atoms with Crippen LogP contribution in [0.3, 0.4) is 0 Å². The molecule has 1 aromatic carbocycles. The second kappa shape index (κ2) is 4.28. The molecule has 2 aromatic rings. The van der Waals surface area contributed by atoms with Gasteiger partial charge in [-0.25, -0.2) is 4.39 Å². The summed E-state index contributed by atoms with van der Waals surface area (Å²) < 4.78 is 14.0. The first-order valence-corrected chi connectivity index (χ1v) is 5.69. The van der Waals surface area contributed by atoms with Gasteiger partial charge in [-0.2, -0.15) is 0 Å². The molecule has 0 spiro atoms. The van der Waals surface area contributed by atoms with Gasteiger partial charge < -0.3 is 0 Å². The summed E-state index contributed by atoms with van der Waals surface area (Å²) in [6.07, 6.45) is 3.45. The molecule has 0 unspecified atom stereocenters. The molecule has 0 fully saturated rings. The van der Waals surface area contributed by atoms with E-state index in [0.717, 1.165) is 16.7 Å². The predicted molar refractivity (Wildman–Crippen MR) is 68.3 cm³/mol. The second-order valence-electron chi connectivity index (χ2n) is 5.19. The third-order valence-electron chi connectivity index (χ3n) is 2.77. The Bertz CT molecular complexity index is 512. The molecular weight excluding hydrogens is 213 g/mol. The molecule has 0 aliphatic heterocycles. The van der Waals surface area contributed by atoms with Gasteiger partial charge in [-0.05, 0) is 28.7 Å². The van der Waals surface area contributed by atoms with Crippen LogP contribution in [0.15, 0.2) is 42.7 Å². The molecule has 1 heterocycles. The van der Waals surface area contributed by atoms with Gasteiger partial charge in [0.05, 0.1) is 0 Å². The van der Waals surface area contributed by atoms with Gasteiger partial charge in [0.15, 0.2) is 0 Å². The van der Waals surface area contributed by atoms with Gasteiger partial charge in [-0.3, -0.25) is 4.98 Å². The van der Waals surface area contributed by atoms with E-state index in [-0.39, 0.29) is 11.2 Å². The molecule has 0 saturated carbocycles. The van der Waals surface area contributed by atoms with E-state index in [1.165, 1.54) is 0 Å². The number of rotatable bonds is 1. The predicted octanol–water partition coefficient (Wildman–Crippen LogP) is 4.19. The molecule has 2 heteroatoms. The van der Waals surface area contributed by atoms with Crippen molar-refractivity contribution >= 4 is 0 Å². The van der Waals surface area contributed by atoms with E-state index in [2.05, 4.69) is 4.98 Å². The minimum atomic E-state index is -0.169. The molecule has 2 rings (SSSR count). The standard InChI is InChI=1S/C15H16FN/c1-15(2,3)13-7-6-11(9-14(13)16)12-5-4-8-17-10-12/h4-10H,1-3H3. The highest BCUT2D eigenvalue weighted by Gasteiger charge is 2.18. The van der Waals surface area contributed by atoms with Crippen molar-refractivity contribution in [2.75, 3.05) is 0 Å². The lowest BCUT2D eigenvalue weighted by molar-refractivity contribution is 0.523. The fourth-order valence-corrected chi connectivity index (χ4v) is 1.84. The zero-order valence-corrected chi connectivity index (χ0v) is 10.4. The summed E-state index contributed by atoms with van der Waals surface area (Å²) in [5.74, 6) is -0.154. The van der Waals surface area contributed by atoms with E-state index in [0.29, 0.717) is 0 Å². The van der Waals surface area contributed by atoms with Crippen molar-refractivity contribution in [2.45, 2.75) is 26.2 Å². The third-order valence-corrected chi connectivity index (χ3v) is 2.77. The first-order valence-electron chi connectivity index (χ1n) is 5.69. The van der Waals surface area contributed by atoms with Crippen molar-refractivity contribution in [3.8, 4) is 11.1 Å². The van der Waals surface area contributed by atoms with Crippen LogP contribution in [0.25, 0.3) is 11.1 Å². The lowest BCUT2D eigenvalue weighted by atomic mass is 9.86. The highest BCUT2D eigenvalue weighted by atomic mass is 19.1. The van der Waals surface area contributed by atoms with Crippen molar-refractivity contribution in [1.29, 1.82) is 0 Å². The van der Waals surface area contributed by atoms with Crippen molar-refractivity contribution in [3.63, 3.8) is 0 Å². The SMILES string of the molecule is CC(C)(C)c1ccc(-c2cccnc2)cc1F. The molecule has 0 atom stereocenters. The average molecular weight is 229 g/mol. The van der Waals surface area contributed by atoms with Crippen LogP contribution in [-0.2, 0) is 5.41 Å². The monoisotopic (exact) mass is 229 g/mol. The number of benzene rings is 1. The van der Waals surface area contributed by atoms with Gasteiger partial charge in [0.1, 0.15) is 5.82 Å². The largest absolute Gasteiger partial charge is 0.264 e. The Labute approximate surface area is 101 Å². The molecule has 88 valence electrons. The van der Waals surface area contributed by atoms with Crippen LogP contribution >= 0.6 is 0 Å². The molecule has 1 nitrogen and oxygen atoms in total. The summed E-state index contributed by atoms with van der Waals surface area (Å²) in [4.78, 5) is 4.04. The zero-order valence-electron chi connectivity index (χ0n) is 10.4. The minimum absolute atomic E-state index is 0.154. The van der Waals surface area contributed by atoms with Crippen LogP contribution in [0.1, 0.15) is 26.3 Å². The van der Waals surface area contributed by atoms with Crippen LogP contribution in [0.2, 0.25) is 0 Å². The van der Waals surface area contributed by atoms with Crippen molar-refractivity contribution in [1.82, 2.24) is 4.98 Å². The molecule has 0 N–H and O–H groups in total. The topological polar surface area (TPSA) is 12.9 Å². The third kappa shape index (κ3) is 2.52.